The van der Waals surface area contributed by atoms with Crippen molar-refractivity contribution in [2.75, 3.05) is 0 Å². The first-order valence-corrected chi connectivity index (χ1v) is 4.19. The normalized spacial score (nSPS) is 24.0. The van der Waals surface area contributed by atoms with E-state index in [4.69, 9.17) is 4.74 Å². The minimum atomic E-state index is 0.304. The fraction of sp³-hybridized carbons (Fsp3) is 0.600. The number of hydrogen-bond acceptors (Lipinski definition) is 1. The van der Waals surface area contributed by atoms with Crippen LogP contribution in [-0.4, -0.2) is 12.2 Å². The minimum Gasteiger partial charge on any atom is -0.371 e. The Morgan fingerprint density at radius 2 is 2.27 bits per heavy atom. The van der Waals surface area contributed by atoms with Gasteiger partial charge in [-0.15, -0.1) is 0 Å². The summed E-state index contributed by atoms with van der Waals surface area (Å²) in [6.07, 6.45) is 8.13. The molecule has 0 aliphatic heterocycles. The molecular weight excluding hydrogens is 136 g/mol. The van der Waals surface area contributed by atoms with Crippen LogP contribution in [0.15, 0.2) is 23.8 Å². The first-order chi connectivity index (χ1) is 5.18. The van der Waals surface area contributed by atoms with Gasteiger partial charge in [-0.3, -0.25) is 0 Å². The molecule has 0 saturated carbocycles. The standard InChI is InChI=1S/C10H16O/c1-8(2)11-10-6-4-9(3)5-7-10/h4-6,8,10H,7H2,1-3H3. The third-order valence-electron chi connectivity index (χ3n) is 1.69. The molecule has 11 heavy (non-hydrogen) atoms. The van der Waals surface area contributed by atoms with Gasteiger partial charge in [0.15, 0.2) is 0 Å². The summed E-state index contributed by atoms with van der Waals surface area (Å²) in [5.74, 6) is 0. The summed E-state index contributed by atoms with van der Waals surface area (Å²) in [6.45, 7) is 6.25. The van der Waals surface area contributed by atoms with Gasteiger partial charge in [0.2, 0.25) is 0 Å². The molecule has 0 amide bonds. The van der Waals surface area contributed by atoms with E-state index >= 15 is 0 Å². The van der Waals surface area contributed by atoms with Gasteiger partial charge in [-0.25, -0.2) is 0 Å². The minimum absolute atomic E-state index is 0.304. The molecule has 0 radical (unpaired) electrons. The van der Waals surface area contributed by atoms with Crippen LogP contribution in [0.5, 0.6) is 0 Å². The zero-order chi connectivity index (χ0) is 8.27. The summed E-state index contributed by atoms with van der Waals surface area (Å²) in [5.41, 5.74) is 1.34. The van der Waals surface area contributed by atoms with Crippen molar-refractivity contribution in [2.24, 2.45) is 0 Å². The maximum atomic E-state index is 5.61. The summed E-state index contributed by atoms with van der Waals surface area (Å²) in [4.78, 5) is 0. The molecule has 1 atom stereocenters. The van der Waals surface area contributed by atoms with E-state index in [0.717, 1.165) is 6.42 Å². The van der Waals surface area contributed by atoms with Crippen LogP contribution in [0, 0.1) is 0 Å². The van der Waals surface area contributed by atoms with Crippen molar-refractivity contribution < 1.29 is 4.74 Å². The molecule has 0 N–H and O–H groups in total. The van der Waals surface area contributed by atoms with Crippen LogP contribution in [0.25, 0.3) is 0 Å². The Balaban J connectivity index is 2.37. The Labute approximate surface area is 68.8 Å². The van der Waals surface area contributed by atoms with Crippen molar-refractivity contribution in [1.29, 1.82) is 0 Å². The highest BCUT2D eigenvalue weighted by atomic mass is 16.5. The fourth-order valence-corrected chi connectivity index (χ4v) is 1.16. The Hall–Kier alpha value is -0.560. The number of rotatable bonds is 2. The van der Waals surface area contributed by atoms with E-state index in [1.54, 1.807) is 0 Å². The van der Waals surface area contributed by atoms with Crippen molar-refractivity contribution in [3.05, 3.63) is 23.8 Å². The second-order valence-corrected chi connectivity index (χ2v) is 3.27. The second-order valence-electron chi connectivity index (χ2n) is 3.27. The first kappa shape index (κ1) is 8.54. The van der Waals surface area contributed by atoms with Gasteiger partial charge < -0.3 is 4.74 Å². The Morgan fingerprint density at radius 1 is 1.55 bits per heavy atom. The van der Waals surface area contributed by atoms with Crippen LogP contribution in [0.2, 0.25) is 0 Å². The lowest BCUT2D eigenvalue weighted by Gasteiger charge is -2.18. The molecule has 0 aromatic rings. The van der Waals surface area contributed by atoms with Crippen molar-refractivity contribution in [3.8, 4) is 0 Å². The molecule has 1 unspecified atom stereocenters. The van der Waals surface area contributed by atoms with Crippen LogP contribution in [0.4, 0.5) is 0 Å². The lowest BCUT2D eigenvalue weighted by Crippen LogP contribution is -2.16. The summed E-state index contributed by atoms with van der Waals surface area (Å²) in [6, 6.07) is 0. The molecule has 1 aliphatic rings. The van der Waals surface area contributed by atoms with Crippen LogP contribution >= 0.6 is 0 Å². The zero-order valence-corrected chi connectivity index (χ0v) is 7.50. The summed E-state index contributed by atoms with van der Waals surface area (Å²) < 4.78 is 5.61. The lowest BCUT2D eigenvalue weighted by atomic mass is 10.1. The number of allylic oxidation sites excluding steroid dienone is 2. The predicted octanol–water partition coefficient (Wildman–Crippen LogP) is 2.69. The topological polar surface area (TPSA) is 9.23 Å². The molecule has 1 rings (SSSR count). The molecule has 1 heteroatoms. The number of hydrogen-bond donors (Lipinski definition) is 0. The summed E-state index contributed by atoms with van der Waals surface area (Å²) in [5, 5.41) is 0. The molecule has 0 bridgehead atoms. The fourth-order valence-electron chi connectivity index (χ4n) is 1.16. The van der Waals surface area contributed by atoms with Crippen molar-refractivity contribution in [3.63, 3.8) is 0 Å². The van der Waals surface area contributed by atoms with E-state index in [1.165, 1.54) is 5.57 Å². The molecular formula is C10H16O. The van der Waals surface area contributed by atoms with Gasteiger partial charge in [0.25, 0.3) is 0 Å². The van der Waals surface area contributed by atoms with Gasteiger partial charge in [0.1, 0.15) is 0 Å². The largest absolute Gasteiger partial charge is 0.371 e. The van der Waals surface area contributed by atoms with Crippen LogP contribution in [-0.2, 0) is 4.74 Å². The monoisotopic (exact) mass is 152 g/mol. The van der Waals surface area contributed by atoms with Gasteiger partial charge >= 0.3 is 0 Å². The van der Waals surface area contributed by atoms with Crippen LogP contribution < -0.4 is 0 Å². The smallest absolute Gasteiger partial charge is 0.0797 e. The SMILES string of the molecule is CC1=CCC(OC(C)C)C=C1. The van der Waals surface area contributed by atoms with Crippen LogP contribution in [0.3, 0.4) is 0 Å². The lowest BCUT2D eigenvalue weighted by molar-refractivity contribution is 0.0366. The zero-order valence-electron chi connectivity index (χ0n) is 7.50. The summed E-state index contributed by atoms with van der Waals surface area (Å²) >= 11 is 0. The number of ether oxygens (including phenoxy) is 1. The molecule has 0 aromatic carbocycles. The molecule has 1 nitrogen and oxygen atoms in total. The molecule has 0 saturated heterocycles. The summed E-state index contributed by atoms with van der Waals surface area (Å²) in [7, 11) is 0. The quantitative estimate of drug-likeness (QED) is 0.591. The highest BCUT2D eigenvalue weighted by Crippen LogP contribution is 2.13. The molecule has 0 spiro atoms. The Kier molecular flexibility index (Phi) is 2.89. The molecule has 0 fully saturated rings. The highest BCUT2D eigenvalue weighted by Gasteiger charge is 2.08. The predicted molar refractivity (Wildman–Crippen MR) is 47.5 cm³/mol. The Bertz CT molecular complexity index is 177. The van der Waals surface area contributed by atoms with Gasteiger partial charge in [-0.05, 0) is 27.2 Å². The van der Waals surface area contributed by atoms with E-state index in [0.29, 0.717) is 12.2 Å². The van der Waals surface area contributed by atoms with Crippen molar-refractivity contribution >= 4 is 0 Å². The van der Waals surface area contributed by atoms with E-state index < -0.39 is 0 Å². The van der Waals surface area contributed by atoms with E-state index in [1.807, 2.05) is 0 Å². The average molecular weight is 152 g/mol. The molecule has 62 valence electrons. The van der Waals surface area contributed by atoms with Crippen molar-refractivity contribution in [1.82, 2.24) is 0 Å². The Morgan fingerprint density at radius 3 is 2.73 bits per heavy atom. The van der Waals surface area contributed by atoms with Gasteiger partial charge in [-0.1, -0.05) is 23.8 Å². The first-order valence-electron chi connectivity index (χ1n) is 4.19. The van der Waals surface area contributed by atoms with E-state index in [9.17, 15) is 0 Å². The van der Waals surface area contributed by atoms with Gasteiger partial charge in [-0.2, -0.15) is 0 Å². The van der Waals surface area contributed by atoms with Gasteiger partial charge in [0.05, 0.1) is 12.2 Å². The van der Waals surface area contributed by atoms with Crippen LogP contribution in [0.1, 0.15) is 27.2 Å². The average Bonchev–Trinajstić information content (AvgIpc) is 1.93. The molecule has 0 heterocycles. The maximum absolute atomic E-state index is 5.61. The van der Waals surface area contributed by atoms with E-state index in [2.05, 4.69) is 39.0 Å². The molecule has 0 aromatic heterocycles. The molecule has 1 aliphatic carbocycles. The highest BCUT2D eigenvalue weighted by molar-refractivity contribution is 5.21. The maximum Gasteiger partial charge on any atom is 0.0797 e. The van der Waals surface area contributed by atoms with Crippen molar-refractivity contribution in [2.45, 2.75) is 39.4 Å². The third kappa shape index (κ3) is 2.89. The van der Waals surface area contributed by atoms with Gasteiger partial charge in [0, 0.05) is 0 Å². The third-order valence-corrected chi connectivity index (χ3v) is 1.69. The second kappa shape index (κ2) is 3.72. The van der Waals surface area contributed by atoms with E-state index in [-0.39, 0.29) is 0 Å².